The third-order valence-corrected chi connectivity index (χ3v) is 16.8. The minimum Gasteiger partial charge on any atom is -0.382 e. The molecule has 5 rings (SSSR count). The van der Waals surface area contributed by atoms with Crippen molar-refractivity contribution in [2.45, 2.75) is 113 Å². The molecule has 3 heterocycles. The Bertz CT molecular complexity index is 2840. The summed E-state index contributed by atoms with van der Waals surface area (Å²) in [5.41, 5.74) is 4.41. The third kappa shape index (κ3) is 29.9. The zero-order valence-corrected chi connectivity index (χ0v) is 57.6. The molecule has 95 heavy (non-hydrogen) atoms. The van der Waals surface area contributed by atoms with Crippen molar-refractivity contribution in [3.8, 4) is 0 Å². The molecule has 2 aromatic rings. The molecule has 0 unspecified atom stereocenters. The number of fused-ring (bicyclic) bond motifs is 2. The van der Waals surface area contributed by atoms with E-state index in [0.29, 0.717) is 209 Å². The first kappa shape index (κ1) is 80.6. The molecule has 1 fully saturated rings. The molecule has 27 nitrogen and oxygen atoms in total. The number of anilines is 1. The van der Waals surface area contributed by atoms with Crippen LogP contribution in [0, 0.1) is 0 Å². The van der Waals surface area contributed by atoms with E-state index in [0.717, 1.165) is 63.7 Å². The Hall–Kier alpha value is -5.13. The second kappa shape index (κ2) is 46.2. The number of ether oxygens (including phenoxy) is 12. The first-order valence-corrected chi connectivity index (χ1v) is 34.8. The van der Waals surface area contributed by atoms with E-state index >= 15 is 0 Å². The topological polar surface area (TPSA) is 303 Å². The van der Waals surface area contributed by atoms with Gasteiger partial charge in [0.2, 0.25) is 11.6 Å². The molecule has 0 aromatic heterocycles. The number of unbranched alkanes of at least 4 members (excludes halogenated alkanes) is 4. The van der Waals surface area contributed by atoms with Gasteiger partial charge in [0.05, 0.1) is 174 Å². The highest BCUT2D eigenvalue weighted by molar-refractivity contribution is 7.94. The van der Waals surface area contributed by atoms with Gasteiger partial charge in [-0.15, -0.1) is 9.40 Å². The summed E-state index contributed by atoms with van der Waals surface area (Å²) in [6, 6.07) is 10.5. The van der Waals surface area contributed by atoms with E-state index < -0.39 is 38.7 Å². The highest BCUT2D eigenvalue weighted by Crippen LogP contribution is 2.49. The maximum Gasteiger partial charge on any atom is 0.333 e. The molecule has 3 amide bonds. The molecular formula is C66H101N4O23S2+. The van der Waals surface area contributed by atoms with Crippen molar-refractivity contribution in [3.05, 3.63) is 83.6 Å². The Balaban J connectivity index is 0.915. The molecule has 0 bridgehead atoms. The van der Waals surface area contributed by atoms with Gasteiger partial charge < -0.3 is 71.9 Å². The summed E-state index contributed by atoms with van der Waals surface area (Å²) in [5.74, 6) is -1.73. The lowest BCUT2D eigenvalue weighted by Crippen LogP contribution is -2.31. The van der Waals surface area contributed by atoms with Gasteiger partial charge in [0, 0.05) is 91.7 Å². The molecule has 3 aliphatic rings. The van der Waals surface area contributed by atoms with Crippen molar-refractivity contribution in [3.63, 3.8) is 0 Å². The summed E-state index contributed by atoms with van der Waals surface area (Å²) >= 11 is 0.875. The Labute approximate surface area is 563 Å². The Morgan fingerprint density at radius 3 is 1.62 bits per heavy atom. The van der Waals surface area contributed by atoms with Gasteiger partial charge in [-0.25, -0.2) is 10.1 Å². The number of allylic oxidation sites excluding steroid dienone is 6. The molecule has 0 aliphatic carbocycles. The Morgan fingerprint density at radius 2 is 1.11 bits per heavy atom. The number of imide groups is 1. The molecule has 0 spiro atoms. The maximum atomic E-state index is 12.7. The number of nitrogens with one attached hydrogen (secondary N) is 1. The predicted octanol–water partition coefficient (Wildman–Crippen LogP) is 7.21. The number of amides is 3. The molecule has 0 saturated carbocycles. The quantitative estimate of drug-likeness (QED) is 0.00861. The lowest BCUT2D eigenvalue weighted by atomic mass is 9.81. The van der Waals surface area contributed by atoms with Gasteiger partial charge >= 0.3 is 5.97 Å². The van der Waals surface area contributed by atoms with Crippen molar-refractivity contribution in [1.82, 2.24) is 10.4 Å². The average molecular weight is 1380 g/mol. The number of hydrogen-bond acceptors (Lipinski definition) is 24. The minimum atomic E-state index is -4.47. The van der Waals surface area contributed by atoms with E-state index in [4.69, 9.17) is 71.3 Å². The van der Waals surface area contributed by atoms with Crippen LogP contribution in [-0.4, -0.2) is 236 Å². The molecular weight excluding hydrogens is 1280 g/mol. The molecule has 29 heteroatoms. The van der Waals surface area contributed by atoms with Gasteiger partial charge in [-0.3, -0.25) is 18.9 Å². The number of rotatable bonds is 56. The second-order valence-corrected chi connectivity index (χ2v) is 25.2. The van der Waals surface area contributed by atoms with Crippen LogP contribution in [0.4, 0.5) is 11.4 Å². The molecule has 534 valence electrons. The SMILES string of the molecule is COCCOCCOCCOCCOCCOCCOCCOCCOCCOCCOCCOCCNC(=O)CCCCCN1C(=CC=CC=CC2=[N+](CCCCCC(=O)ON3C(=O)CCC3=O)c3ccc(SOOO)cc3C2(C)C)C(C)(C)c2cc(S(=O)(=O)O)ccc21. The van der Waals surface area contributed by atoms with Crippen LogP contribution < -0.4 is 10.2 Å². The van der Waals surface area contributed by atoms with Crippen LogP contribution in [-0.2, 0) is 111 Å². The molecule has 3 N–H and O–H groups in total. The van der Waals surface area contributed by atoms with Crippen molar-refractivity contribution in [1.29, 1.82) is 0 Å². The van der Waals surface area contributed by atoms with E-state index in [1.165, 1.54) is 12.1 Å². The van der Waals surface area contributed by atoms with Crippen LogP contribution in [0.5, 0.6) is 0 Å². The fourth-order valence-corrected chi connectivity index (χ4v) is 11.4. The van der Waals surface area contributed by atoms with E-state index in [-0.39, 0.29) is 30.1 Å². The first-order valence-electron chi connectivity index (χ1n) is 32.6. The number of nitrogens with zero attached hydrogens (tertiary/aromatic N) is 3. The number of hydrogen-bond donors (Lipinski definition) is 3. The Kier molecular flexibility index (Phi) is 39.2. The number of carbonyl (C=O) groups excluding carboxylic acids is 4. The fraction of sp³-hybridized carbons (Fsp3) is 0.652. The minimum absolute atomic E-state index is 0.0291. The molecule has 3 aliphatic heterocycles. The van der Waals surface area contributed by atoms with Crippen LogP contribution in [0.1, 0.15) is 103 Å². The van der Waals surface area contributed by atoms with Crippen LogP contribution in [0.15, 0.2) is 82.3 Å². The standard InChI is InChI=1S/C66H100N4O23S2/c1-65(2)55-51-53(94-93-92-75)19-21-57(55)68(27-14-8-12-18-64(74)91-70-62(72)23-24-63(70)73)59(65)15-9-6-10-16-60-66(3,4)56-52-54(95(76,77)78)20-22-58(56)69(60)26-13-7-11-17-61(71)67-25-28-80-31-32-82-35-36-84-39-40-86-43-44-88-47-48-90-50-49-89-46-45-87-42-41-85-38-37-83-34-33-81-30-29-79-5/h6,9-10,15-16,19-22,51-52H,7-8,11-14,17-18,23-50H2,1-5H3,(H2-,67,71,75,76,77,78)/p+1. The van der Waals surface area contributed by atoms with Crippen LogP contribution in [0.3, 0.4) is 0 Å². The van der Waals surface area contributed by atoms with Gasteiger partial charge in [0.15, 0.2) is 5.71 Å². The van der Waals surface area contributed by atoms with Gasteiger partial charge in [0.1, 0.15) is 6.54 Å². The Morgan fingerprint density at radius 1 is 0.600 bits per heavy atom. The zero-order valence-electron chi connectivity index (χ0n) is 55.9. The zero-order chi connectivity index (χ0) is 68.4. The van der Waals surface area contributed by atoms with Crippen LogP contribution in [0.25, 0.3) is 0 Å². The summed E-state index contributed by atoms with van der Waals surface area (Å²) in [4.78, 5) is 56.8. The van der Waals surface area contributed by atoms with Gasteiger partial charge in [-0.1, -0.05) is 43.5 Å². The summed E-state index contributed by atoms with van der Waals surface area (Å²) in [6.45, 7) is 20.6. The third-order valence-electron chi connectivity index (χ3n) is 15.4. The largest absolute Gasteiger partial charge is 0.382 e. The maximum absolute atomic E-state index is 12.7. The lowest BCUT2D eigenvalue weighted by molar-refractivity contribution is -0.438. The normalized spacial score (nSPS) is 15.6. The summed E-state index contributed by atoms with van der Waals surface area (Å²) in [7, 11) is -2.83. The monoisotopic (exact) mass is 1380 g/mol. The van der Waals surface area contributed by atoms with Crippen molar-refractivity contribution in [2.24, 2.45) is 0 Å². The highest BCUT2D eigenvalue weighted by Gasteiger charge is 2.45. The van der Waals surface area contributed by atoms with Crippen molar-refractivity contribution >= 4 is 62.9 Å². The summed E-state index contributed by atoms with van der Waals surface area (Å²) < 4.78 is 107. The predicted molar refractivity (Wildman–Crippen MR) is 351 cm³/mol. The van der Waals surface area contributed by atoms with E-state index in [1.807, 2.05) is 56.4 Å². The van der Waals surface area contributed by atoms with E-state index in [2.05, 4.69) is 39.8 Å². The van der Waals surface area contributed by atoms with Crippen molar-refractivity contribution in [2.75, 3.05) is 184 Å². The van der Waals surface area contributed by atoms with E-state index in [1.54, 1.807) is 13.2 Å². The van der Waals surface area contributed by atoms with Crippen LogP contribution in [0.2, 0.25) is 0 Å². The number of hydroxylamine groups is 2. The van der Waals surface area contributed by atoms with Gasteiger partial charge in [-0.2, -0.15) is 13.0 Å². The molecule has 0 radical (unpaired) electrons. The van der Waals surface area contributed by atoms with Crippen molar-refractivity contribution < 1.29 is 113 Å². The summed E-state index contributed by atoms with van der Waals surface area (Å²) in [6.07, 6.45) is 14.4. The lowest BCUT2D eigenvalue weighted by Gasteiger charge is -2.27. The van der Waals surface area contributed by atoms with Gasteiger partial charge in [0.25, 0.3) is 21.9 Å². The summed E-state index contributed by atoms with van der Waals surface area (Å²) in [5, 5.41) is 16.1. The number of carbonyl (C=O) groups is 4. The first-order chi connectivity index (χ1) is 46.0. The average Bonchev–Trinajstić information content (AvgIpc) is 1.60. The molecule has 0 atom stereocenters. The number of methoxy groups -OCH3 is 1. The molecule has 2 aromatic carbocycles. The molecule has 1 saturated heterocycles. The fourth-order valence-electron chi connectivity index (χ4n) is 10.5. The number of benzene rings is 2. The van der Waals surface area contributed by atoms with Crippen LogP contribution >= 0.6 is 12.0 Å². The van der Waals surface area contributed by atoms with Gasteiger partial charge in [-0.05, 0) is 81.5 Å². The van der Waals surface area contributed by atoms with E-state index in [9.17, 15) is 32.1 Å². The second-order valence-electron chi connectivity index (χ2n) is 23.0. The highest BCUT2D eigenvalue weighted by atomic mass is 32.2. The smallest absolute Gasteiger partial charge is 0.333 e.